The van der Waals surface area contributed by atoms with Crippen molar-refractivity contribution in [2.75, 3.05) is 10.6 Å². The normalized spacial score (nSPS) is 18.9. The first kappa shape index (κ1) is 23.3. The van der Waals surface area contributed by atoms with Crippen LogP contribution >= 0.6 is 0 Å². The summed E-state index contributed by atoms with van der Waals surface area (Å²) in [5, 5.41) is 14.6. The number of carbonyl (C=O) groups is 5. The molecule has 0 atom stereocenters. The third-order valence-corrected chi connectivity index (χ3v) is 4.18. The monoisotopic (exact) mass is 460 g/mol. The molecule has 2 heterocycles. The fourth-order valence-corrected chi connectivity index (χ4v) is 2.79. The number of esters is 4. The second kappa shape index (κ2) is 8.30. The summed E-state index contributed by atoms with van der Waals surface area (Å²) in [4.78, 5) is 59.6. The Bertz CT molecular complexity index is 1010. The number of cyclic esters (lactones) is 4. The van der Waals surface area contributed by atoms with Gasteiger partial charge in [0.1, 0.15) is 0 Å². The molecule has 33 heavy (non-hydrogen) atoms. The Labute approximate surface area is 187 Å². The summed E-state index contributed by atoms with van der Waals surface area (Å²) < 4.78 is 19.9. The van der Waals surface area contributed by atoms with Crippen LogP contribution in [0.4, 0.5) is 11.4 Å². The molecule has 174 valence electrons. The van der Waals surface area contributed by atoms with Gasteiger partial charge >= 0.3 is 29.8 Å². The van der Waals surface area contributed by atoms with Gasteiger partial charge in [0.25, 0.3) is 11.6 Å². The highest BCUT2D eigenvalue weighted by atomic mass is 16.7. The molecule has 0 radical (unpaired) electrons. The highest BCUT2D eigenvalue weighted by Gasteiger charge is 2.40. The van der Waals surface area contributed by atoms with Gasteiger partial charge in [-0.3, -0.25) is 0 Å². The number of benzene rings is 1. The zero-order chi connectivity index (χ0) is 24.6. The molecule has 0 unspecified atom stereocenters. The van der Waals surface area contributed by atoms with Gasteiger partial charge in [-0.05, 0) is 18.2 Å². The summed E-state index contributed by atoms with van der Waals surface area (Å²) in [7, 11) is 0. The fourth-order valence-electron chi connectivity index (χ4n) is 2.79. The molecular weight excluding hydrogens is 440 g/mol. The zero-order valence-corrected chi connectivity index (χ0v) is 18.0. The Hall–Kier alpha value is -4.35. The van der Waals surface area contributed by atoms with Crippen LogP contribution in [0.1, 0.15) is 38.1 Å². The molecule has 1 aromatic rings. The molecule has 0 aromatic heterocycles. The Morgan fingerprint density at radius 1 is 0.727 bits per heavy atom. The molecule has 2 fully saturated rings. The van der Waals surface area contributed by atoms with Crippen molar-refractivity contribution in [2.24, 2.45) is 0 Å². The van der Waals surface area contributed by atoms with E-state index in [0.29, 0.717) is 0 Å². The number of nitrogens with one attached hydrogen (secondary N) is 2. The third-order valence-electron chi connectivity index (χ3n) is 4.18. The van der Waals surface area contributed by atoms with Crippen LogP contribution in [0, 0.1) is 0 Å². The quantitative estimate of drug-likeness (QED) is 0.331. The van der Waals surface area contributed by atoms with Crippen LogP contribution in [0.25, 0.3) is 0 Å². The van der Waals surface area contributed by atoms with Crippen LogP contribution < -0.4 is 10.6 Å². The van der Waals surface area contributed by atoms with Gasteiger partial charge in [0.15, 0.2) is 11.1 Å². The van der Waals surface area contributed by atoms with E-state index in [-0.39, 0.29) is 16.9 Å². The van der Waals surface area contributed by atoms with E-state index >= 15 is 0 Å². The van der Waals surface area contributed by atoms with Crippen LogP contribution in [0.15, 0.2) is 41.7 Å². The highest BCUT2D eigenvalue weighted by Crippen LogP contribution is 2.25. The summed E-state index contributed by atoms with van der Waals surface area (Å²) in [5.41, 5.74) is -0.722. The number of aromatic carboxylic acids is 1. The molecule has 2 aliphatic heterocycles. The van der Waals surface area contributed by atoms with Gasteiger partial charge in [0.2, 0.25) is 0 Å². The average molecular weight is 460 g/mol. The van der Waals surface area contributed by atoms with E-state index in [1.165, 1.54) is 45.9 Å². The predicted octanol–water partition coefficient (Wildman–Crippen LogP) is 1.65. The van der Waals surface area contributed by atoms with Crippen LogP contribution in [0.5, 0.6) is 0 Å². The summed E-state index contributed by atoms with van der Waals surface area (Å²) in [5.74, 6) is -7.77. The predicted molar refractivity (Wildman–Crippen MR) is 109 cm³/mol. The largest absolute Gasteiger partial charge is 0.478 e. The van der Waals surface area contributed by atoms with Gasteiger partial charge in [-0.25, -0.2) is 24.0 Å². The molecule has 0 bridgehead atoms. The van der Waals surface area contributed by atoms with E-state index in [4.69, 9.17) is 18.9 Å². The SMILES string of the molecule is CC1(C)OC(=O)C(=CNc2cc(NC=C3C(=O)OC(C)(C)OC3=O)cc(C(=O)O)c2)C(=O)O1. The lowest BCUT2D eigenvalue weighted by molar-refractivity contribution is -0.224. The number of ether oxygens (including phenoxy) is 4. The van der Waals surface area contributed by atoms with E-state index in [2.05, 4.69) is 10.6 Å². The smallest absolute Gasteiger partial charge is 0.350 e. The van der Waals surface area contributed by atoms with Crippen LogP contribution in [0.2, 0.25) is 0 Å². The Balaban J connectivity index is 1.84. The second-order valence-electron chi connectivity index (χ2n) is 7.87. The van der Waals surface area contributed by atoms with Crippen LogP contribution in [0.3, 0.4) is 0 Å². The zero-order valence-electron chi connectivity index (χ0n) is 18.0. The highest BCUT2D eigenvalue weighted by molar-refractivity contribution is 6.16. The first-order valence-electron chi connectivity index (χ1n) is 9.51. The lowest BCUT2D eigenvalue weighted by Crippen LogP contribution is -2.42. The molecule has 0 aliphatic carbocycles. The molecule has 2 saturated heterocycles. The maximum absolute atomic E-state index is 12.0. The number of anilines is 2. The summed E-state index contributed by atoms with van der Waals surface area (Å²) in [6.07, 6.45) is 2.03. The van der Waals surface area contributed by atoms with Gasteiger partial charge in [0.05, 0.1) is 5.56 Å². The molecule has 12 heteroatoms. The van der Waals surface area contributed by atoms with E-state index in [9.17, 15) is 29.1 Å². The van der Waals surface area contributed by atoms with Gasteiger partial charge in [0, 0.05) is 51.5 Å². The molecule has 0 spiro atoms. The summed E-state index contributed by atoms with van der Waals surface area (Å²) >= 11 is 0. The van der Waals surface area contributed by atoms with Crippen molar-refractivity contribution >= 4 is 41.2 Å². The summed E-state index contributed by atoms with van der Waals surface area (Å²) in [6, 6.07) is 3.85. The number of rotatable bonds is 5. The van der Waals surface area contributed by atoms with Crippen LogP contribution in [-0.4, -0.2) is 46.5 Å². The lowest BCUT2D eigenvalue weighted by Gasteiger charge is -2.29. The standard InChI is InChI=1S/C21H20N2O10/c1-20(2)30-16(26)13(17(27)31-20)8-22-11-5-10(15(24)25)6-12(7-11)23-9-14-18(28)32-21(3,4)33-19(14)29/h5-9,22-23H,1-4H3,(H,24,25). The summed E-state index contributed by atoms with van der Waals surface area (Å²) in [6.45, 7) is 5.59. The first-order valence-corrected chi connectivity index (χ1v) is 9.51. The van der Waals surface area contributed by atoms with E-state index < -0.39 is 52.6 Å². The molecule has 2 aliphatic rings. The fraction of sp³-hybridized carbons (Fsp3) is 0.286. The Kier molecular flexibility index (Phi) is 5.86. The third kappa shape index (κ3) is 5.47. The number of carboxylic acids is 1. The van der Waals surface area contributed by atoms with Crippen molar-refractivity contribution in [2.45, 2.75) is 39.3 Å². The average Bonchev–Trinajstić information content (AvgIpc) is 2.64. The second-order valence-corrected chi connectivity index (χ2v) is 7.87. The molecule has 0 saturated carbocycles. The first-order chi connectivity index (χ1) is 15.3. The number of carboxylic acid groups (broad SMARTS) is 1. The van der Waals surface area contributed by atoms with Gasteiger partial charge in [-0.1, -0.05) is 0 Å². The van der Waals surface area contributed by atoms with E-state index in [1.54, 1.807) is 0 Å². The minimum Gasteiger partial charge on any atom is -0.478 e. The van der Waals surface area contributed by atoms with Crippen molar-refractivity contribution in [3.63, 3.8) is 0 Å². The molecular formula is C21H20N2O10. The molecule has 1 aromatic carbocycles. The number of hydrogen-bond acceptors (Lipinski definition) is 11. The Morgan fingerprint density at radius 3 is 1.36 bits per heavy atom. The molecule has 12 nitrogen and oxygen atoms in total. The van der Waals surface area contributed by atoms with Gasteiger partial charge < -0.3 is 34.7 Å². The van der Waals surface area contributed by atoms with Crippen LogP contribution in [-0.2, 0) is 38.1 Å². The Morgan fingerprint density at radius 2 is 1.06 bits per heavy atom. The van der Waals surface area contributed by atoms with Crippen molar-refractivity contribution < 1.29 is 48.0 Å². The van der Waals surface area contributed by atoms with Gasteiger partial charge in [-0.15, -0.1) is 0 Å². The minimum atomic E-state index is -1.41. The van der Waals surface area contributed by atoms with Crippen molar-refractivity contribution in [3.05, 3.63) is 47.3 Å². The molecule has 3 rings (SSSR count). The van der Waals surface area contributed by atoms with Crippen molar-refractivity contribution in [1.29, 1.82) is 0 Å². The number of hydrogen-bond donors (Lipinski definition) is 3. The molecule has 0 amide bonds. The maximum atomic E-state index is 12.0. The van der Waals surface area contributed by atoms with Crippen molar-refractivity contribution in [3.8, 4) is 0 Å². The minimum absolute atomic E-state index is 0.156. The van der Waals surface area contributed by atoms with E-state index in [0.717, 1.165) is 12.4 Å². The molecule has 3 N–H and O–H groups in total. The maximum Gasteiger partial charge on any atom is 0.350 e. The lowest BCUT2D eigenvalue weighted by atomic mass is 10.1. The van der Waals surface area contributed by atoms with Crippen molar-refractivity contribution in [1.82, 2.24) is 0 Å². The van der Waals surface area contributed by atoms with Gasteiger partial charge in [-0.2, -0.15) is 0 Å². The van der Waals surface area contributed by atoms with E-state index in [1.807, 2.05) is 0 Å². The number of carbonyl (C=O) groups excluding carboxylic acids is 4. The topological polar surface area (TPSA) is 167 Å².